The van der Waals surface area contributed by atoms with E-state index < -0.39 is 0 Å². The summed E-state index contributed by atoms with van der Waals surface area (Å²) in [7, 11) is 0. The summed E-state index contributed by atoms with van der Waals surface area (Å²) in [6.45, 7) is 3.00. The fourth-order valence-corrected chi connectivity index (χ4v) is 3.51. The van der Waals surface area contributed by atoms with Gasteiger partial charge >= 0.3 is 0 Å². The van der Waals surface area contributed by atoms with Crippen LogP contribution in [0.25, 0.3) is 0 Å². The van der Waals surface area contributed by atoms with Crippen LogP contribution in [-0.4, -0.2) is 40.6 Å². The number of likely N-dealkylation sites (tertiary alicyclic amines) is 1. The quantitative estimate of drug-likeness (QED) is 0.895. The Morgan fingerprint density at radius 2 is 1.92 bits per heavy atom. The second-order valence-electron chi connectivity index (χ2n) is 7.01. The number of aliphatic hydroxyl groups excluding tert-OH is 1. The highest BCUT2D eigenvalue weighted by molar-refractivity contribution is 5.93. The van der Waals surface area contributed by atoms with Crippen molar-refractivity contribution in [1.29, 1.82) is 0 Å². The van der Waals surface area contributed by atoms with Crippen LogP contribution >= 0.6 is 0 Å². The molecule has 0 unspecified atom stereocenters. The number of benzene rings is 1. The molecule has 1 amide bonds. The van der Waals surface area contributed by atoms with Gasteiger partial charge in [-0.05, 0) is 31.7 Å². The minimum atomic E-state index is -0.246. The van der Waals surface area contributed by atoms with Gasteiger partial charge in [-0.25, -0.2) is 0 Å². The van der Waals surface area contributed by atoms with E-state index in [9.17, 15) is 14.7 Å². The monoisotopic (exact) mass is 340 g/mol. The molecule has 1 aliphatic rings. The number of aromatic amines is 1. The highest BCUT2D eigenvalue weighted by Crippen LogP contribution is 2.35. The lowest BCUT2D eigenvalue weighted by molar-refractivity contribution is 0.0357. The molecule has 5 nitrogen and oxygen atoms in total. The number of piperidine rings is 1. The van der Waals surface area contributed by atoms with E-state index in [4.69, 9.17) is 0 Å². The maximum Gasteiger partial charge on any atom is 0.259 e. The minimum Gasteiger partial charge on any atom is -0.396 e. The average molecular weight is 340 g/mol. The molecule has 0 spiro atoms. The van der Waals surface area contributed by atoms with Gasteiger partial charge in [0.25, 0.3) is 5.91 Å². The molecule has 1 fully saturated rings. The number of aryl methyl sites for hydroxylation is 1. The van der Waals surface area contributed by atoms with Crippen LogP contribution in [0.15, 0.2) is 47.4 Å². The van der Waals surface area contributed by atoms with Crippen molar-refractivity contribution in [2.24, 2.45) is 5.41 Å². The van der Waals surface area contributed by atoms with Gasteiger partial charge in [0.2, 0.25) is 0 Å². The smallest absolute Gasteiger partial charge is 0.259 e. The maximum absolute atomic E-state index is 12.6. The Kier molecular flexibility index (Phi) is 5.04. The molecule has 0 saturated carbocycles. The zero-order valence-electron chi connectivity index (χ0n) is 14.5. The van der Waals surface area contributed by atoms with Gasteiger partial charge in [0, 0.05) is 43.1 Å². The molecule has 5 heteroatoms. The van der Waals surface area contributed by atoms with Crippen LogP contribution in [0.5, 0.6) is 0 Å². The third kappa shape index (κ3) is 3.82. The Hall–Kier alpha value is -2.40. The third-order valence-electron chi connectivity index (χ3n) is 5.16. The van der Waals surface area contributed by atoms with Crippen LogP contribution in [0.3, 0.4) is 0 Å². The van der Waals surface area contributed by atoms with Crippen LogP contribution in [0.4, 0.5) is 0 Å². The molecule has 0 atom stereocenters. The number of carbonyl (C=O) groups is 1. The van der Waals surface area contributed by atoms with E-state index >= 15 is 0 Å². The predicted molar refractivity (Wildman–Crippen MR) is 96.6 cm³/mol. The number of rotatable bonds is 4. The summed E-state index contributed by atoms with van der Waals surface area (Å²) in [5, 5.41) is 9.96. The van der Waals surface area contributed by atoms with Crippen molar-refractivity contribution < 1.29 is 9.90 Å². The molecule has 132 valence electrons. The van der Waals surface area contributed by atoms with E-state index in [1.54, 1.807) is 11.8 Å². The number of hydrogen-bond acceptors (Lipinski definition) is 3. The molecule has 0 radical (unpaired) electrons. The van der Waals surface area contributed by atoms with Gasteiger partial charge in [0.05, 0.1) is 0 Å². The van der Waals surface area contributed by atoms with Crippen molar-refractivity contribution in [3.8, 4) is 0 Å². The zero-order chi connectivity index (χ0) is 17.9. The fraction of sp³-hybridized carbons (Fsp3) is 0.400. The summed E-state index contributed by atoms with van der Waals surface area (Å²) >= 11 is 0. The molecule has 1 aromatic heterocycles. The first-order chi connectivity index (χ1) is 12.0. The molecule has 2 N–H and O–H groups in total. The lowest BCUT2D eigenvalue weighted by Gasteiger charge is -2.41. The molecular formula is C20H24N2O3. The second-order valence-corrected chi connectivity index (χ2v) is 7.01. The van der Waals surface area contributed by atoms with Crippen LogP contribution in [0, 0.1) is 12.3 Å². The van der Waals surface area contributed by atoms with E-state index in [1.165, 1.54) is 17.8 Å². The van der Waals surface area contributed by atoms with E-state index in [-0.39, 0.29) is 28.9 Å². The summed E-state index contributed by atoms with van der Waals surface area (Å²) < 4.78 is 0. The number of aliphatic hydroxyl groups is 1. The average Bonchev–Trinajstić information content (AvgIpc) is 2.63. The lowest BCUT2D eigenvalue weighted by Crippen LogP contribution is -2.46. The summed E-state index contributed by atoms with van der Waals surface area (Å²) in [5.41, 5.74) is 1.68. The Morgan fingerprint density at radius 1 is 1.24 bits per heavy atom. The summed E-state index contributed by atoms with van der Waals surface area (Å²) in [6.07, 6.45) is 3.76. The molecule has 1 aliphatic heterocycles. The number of pyridine rings is 1. The number of nitrogens with one attached hydrogen (secondary N) is 1. The molecule has 0 bridgehead atoms. The Morgan fingerprint density at radius 3 is 2.52 bits per heavy atom. The number of hydrogen-bond donors (Lipinski definition) is 2. The van der Waals surface area contributed by atoms with E-state index in [0.717, 1.165) is 25.0 Å². The fourth-order valence-electron chi connectivity index (χ4n) is 3.51. The standard InChI is InChI=1S/C20H24N2O3/c1-15-11-18(24)17(13-21-15)19(25)22-9-7-20(14-23,8-10-22)12-16-5-3-2-4-6-16/h2-6,11,13,23H,7-10,12,14H2,1H3,(H,21,24). The lowest BCUT2D eigenvalue weighted by atomic mass is 9.74. The highest BCUT2D eigenvalue weighted by atomic mass is 16.3. The van der Waals surface area contributed by atoms with Crippen LogP contribution in [0.1, 0.15) is 34.5 Å². The Balaban J connectivity index is 1.69. The largest absolute Gasteiger partial charge is 0.396 e. The molecule has 1 saturated heterocycles. The molecule has 0 aliphatic carbocycles. The number of aromatic nitrogens is 1. The Bertz CT molecular complexity index is 790. The van der Waals surface area contributed by atoms with Gasteiger partial charge < -0.3 is 15.0 Å². The van der Waals surface area contributed by atoms with E-state index in [1.807, 2.05) is 18.2 Å². The zero-order valence-corrected chi connectivity index (χ0v) is 14.5. The summed E-state index contributed by atoms with van der Waals surface area (Å²) in [5.74, 6) is -0.229. The van der Waals surface area contributed by atoms with Gasteiger partial charge in [-0.1, -0.05) is 30.3 Å². The third-order valence-corrected chi connectivity index (χ3v) is 5.16. The van der Waals surface area contributed by atoms with Crippen molar-refractivity contribution in [3.05, 3.63) is 69.6 Å². The van der Waals surface area contributed by atoms with Gasteiger partial charge in [-0.15, -0.1) is 0 Å². The van der Waals surface area contributed by atoms with Crippen molar-refractivity contribution in [2.75, 3.05) is 19.7 Å². The van der Waals surface area contributed by atoms with Crippen molar-refractivity contribution in [3.63, 3.8) is 0 Å². The SMILES string of the molecule is Cc1cc(=O)c(C(=O)N2CCC(CO)(Cc3ccccc3)CC2)c[nH]1. The first-order valence-corrected chi connectivity index (χ1v) is 8.66. The van der Waals surface area contributed by atoms with Crippen molar-refractivity contribution in [1.82, 2.24) is 9.88 Å². The van der Waals surface area contributed by atoms with Gasteiger partial charge in [-0.3, -0.25) is 9.59 Å². The number of amides is 1. The normalized spacial score (nSPS) is 16.6. The van der Waals surface area contributed by atoms with Crippen LogP contribution in [-0.2, 0) is 6.42 Å². The second kappa shape index (κ2) is 7.23. The molecular weight excluding hydrogens is 316 g/mol. The van der Waals surface area contributed by atoms with Crippen LogP contribution < -0.4 is 5.43 Å². The predicted octanol–water partition coefficient (Wildman–Crippen LogP) is 2.14. The molecule has 2 aromatic rings. The highest BCUT2D eigenvalue weighted by Gasteiger charge is 2.36. The molecule has 1 aromatic carbocycles. The summed E-state index contributed by atoms with van der Waals surface area (Å²) in [4.78, 5) is 29.3. The van der Waals surface area contributed by atoms with Crippen molar-refractivity contribution >= 4 is 5.91 Å². The van der Waals surface area contributed by atoms with Gasteiger partial charge in [-0.2, -0.15) is 0 Å². The Labute approximate surface area is 147 Å². The number of carbonyl (C=O) groups excluding carboxylic acids is 1. The van der Waals surface area contributed by atoms with Gasteiger partial charge in [0.1, 0.15) is 5.56 Å². The minimum absolute atomic E-state index is 0.106. The first kappa shape index (κ1) is 17.4. The molecule has 2 heterocycles. The maximum atomic E-state index is 12.6. The first-order valence-electron chi connectivity index (χ1n) is 8.66. The molecule has 25 heavy (non-hydrogen) atoms. The van der Waals surface area contributed by atoms with Gasteiger partial charge in [0.15, 0.2) is 5.43 Å². The number of H-pyrrole nitrogens is 1. The van der Waals surface area contributed by atoms with Crippen molar-refractivity contribution in [2.45, 2.75) is 26.2 Å². The molecule has 3 rings (SSSR count). The van der Waals surface area contributed by atoms with E-state index in [0.29, 0.717) is 13.1 Å². The van der Waals surface area contributed by atoms with Crippen LogP contribution in [0.2, 0.25) is 0 Å². The number of nitrogens with zero attached hydrogens (tertiary/aromatic N) is 1. The topological polar surface area (TPSA) is 73.4 Å². The van der Waals surface area contributed by atoms with E-state index in [2.05, 4.69) is 17.1 Å². The summed E-state index contributed by atoms with van der Waals surface area (Å²) in [6, 6.07) is 11.6.